The van der Waals surface area contributed by atoms with E-state index in [1.807, 2.05) is 107 Å². The largest absolute Gasteiger partial charge is 0.298 e. The molecule has 1 aliphatic rings. The molecule has 4 aromatic carbocycles. The fourth-order valence-corrected chi connectivity index (χ4v) is 4.80. The maximum Gasteiger partial charge on any atom is 0.150 e. The van der Waals surface area contributed by atoms with Gasteiger partial charge in [-0.15, -0.1) is 0 Å². The number of hydrogen-bond acceptors (Lipinski definition) is 4. The molecule has 0 saturated heterocycles. The monoisotopic (exact) mass is 502 g/mol. The molecule has 0 radical (unpaired) electrons. The molecule has 5 nitrogen and oxygen atoms in total. The highest BCUT2D eigenvalue weighted by Crippen LogP contribution is 2.41. The number of para-hydroxylation sites is 1. The maximum atomic E-state index is 11.3. The van der Waals surface area contributed by atoms with Gasteiger partial charge < -0.3 is 0 Å². The van der Waals surface area contributed by atoms with Crippen molar-refractivity contribution >= 4 is 29.3 Å². The lowest BCUT2D eigenvalue weighted by Crippen LogP contribution is -2.18. The van der Waals surface area contributed by atoms with Gasteiger partial charge in [-0.25, -0.2) is 4.68 Å². The van der Waals surface area contributed by atoms with E-state index in [0.29, 0.717) is 17.0 Å². The Hall–Kier alpha value is -4.48. The van der Waals surface area contributed by atoms with E-state index < -0.39 is 0 Å². The van der Waals surface area contributed by atoms with E-state index in [0.717, 1.165) is 45.8 Å². The number of aromatic nitrogens is 2. The summed E-state index contributed by atoms with van der Waals surface area (Å²) in [5.41, 5.74) is 7.55. The molecule has 2 heterocycles. The first-order valence-electron chi connectivity index (χ1n) is 12.1. The van der Waals surface area contributed by atoms with Crippen molar-refractivity contribution in [3.05, 3.63) is 137 Å². The second-order valence-electron chi connectivity index (χ2n) is 8.91. The quantitative estimate of drug-likeness (QED) is 0.228. The van der Waals surface area contributed by atoms with Crippen molar-refractivity contribution < 1.29 is 4.79 Å². The summed E-state index contributed by atoms with van der Waals surface area (Å²) in [5.74, 6) is 0. The van der Waals surface area contributed by atoms with Crippen molar-refractivity contribution in [2.75, 3.05) is 5.01 Å². The van der Waals surface area contributed by atoms with E-state index in [-0.39, 0.29) is 6.04 Å². The second-order valence-corrected chi connectivity index (χ2v) is 9.34. The summed E-state index contributed by atoms with van der Waals surface area (Å²) < 4.78 is 1.94. The van der Waals surface area contributed by atoms with Gasteiger partial charge in [0.25, 0.3) is 0 Å². The molecule has 180 valence electrons. The molecule has 1 aromatic heterocycles. The lowest BCUT2D eigenvalue weighted by Gasteiger charge is -2.24. The zero-order chi connectivity index (χ0) is 25.2. The van der Waals surface area contributed by atoms with Gasteiger partial charge in [-0.1, -0.05) is 72.3 Å². The van der Waals surface area contributed by atoms with E-state index in [9.17, 15) is 4.79 Å². The Balaban J connectivity index is 1.49. The van der Waals surface area contributed by atoms with Gasteiger partial charge in [0.2, 0.25) is 0 Å². The first-order chi connectivity index (χ1) is 18.2. The second kappa shape index (κ2) is 9.88. The van der Waals surface area contributed by atoms with Gasteiger partial charge in [-0.05, 0) is 54.1 Å². The normalized spacial score (nSPS) is 15.0. The molecule has 0 spiro atoms. The maximum absolute atomic E-state index is 11.3. The standard InChI is InChI=1S/C31H23ClN4O/c32-25-15-13-23(14-16-25)29-19-30(36(33-29)27-17-11-22(21-37)12-18-27)28-20-35(26-9-5-2-6-10-26)34-31(28)24-7-3-1-4-8-24/h1-18,20-21,30H,19H2/t30-/m1/s1. The fourth-order valence-electron chi connectivity index (χ4n) is 4.68. The van der Waals surface area contributed by atoms with Gasteiger partial charge in [0, 0.05) is 34.3 Å². The third-order valence-electron chi connectivity index (χ3n) is 6.55. The molecule has 0 N–H and O–H groups in total. The van der Waals surface area contributed by atoms with Crippen molar-refractivity contribution in [1.29, 1.82) is 0 Å². The molecule has 0 aliphatic carbocycles. The van der Waals surface area contributed by atoms with Gasteiger partial charge in [0.15, 0.2) is 0 Å². The summed E-state index contributed by atoms with van der Waals surface area (Å²) in [6, 6.07) is 35.6. The molecule has 0 saturated carbocycles. The minimum Gasteiger partial charge on any atom is -0.298 e. The number of carbonyl (C=O) groups excluding carboxylic acids is 1. The number of nitrogens with zero attached hydrogens (tertiary/aromatic N) is 4. The molecule has 6 heteroatoms. The predicted octanol–water partition coefficient (Wildman–Crippen LogP) is 7.36. The van der Waals surface area contributed by atoms with E-state index in [1.165, 1.54) is 0 Å². The van der Waals surface area contributed by atoms with Crippen LogP contribution in [0.4, 0.5) is 5.69 Å². The van der Waals surface area contributed by atoms with Crippen LogP contribution in [0.3, 0.4) is 0 Å². The van der Waals surface area contributed by atoms with Crippen LogP contribution >= 0.6 is 11.6 Å². The predicted molar refractivity (Wildman–Crippen MR) is 149 cm³/mol. The summed E-state index contributed by atoms with van der Waals surface area (Å²) in [4.78, 5) is 11.3. The van der Waals surface area contributed by atoms with Crippen molar-refractivity contribution in [1.82, 2.24) is 9.78 Å². The number of benzene rings is 4. The lowest BCUT2D eigenvalue weighted by molar-refractivity contribution is 0.112. The number of carbonyl (C=O) groups is 1. The number of hydrazone groups is 1. The number of aldehydes is 1. The molecule has 1 atom stereocenters. The molecular weight excluding hydrogens is 480 g/mol. The fraction of sp³-hybridized carbons (Fsp3) is 0.0645. The topological polar surface area (TPSA) is 50.5 Å². The van der Waals surface area contributed by atoms with Crippen LogP contribution in [0.5, 0.6) is 0 Å². The van der Waals surface area contributed by atoms with Gasteiger partial charge in [0.05, 0.1) is 28.8 Å². The molecular formula is C31H23ClN4O. The van der Waals surface area contributed by atoms with Crippen LogP contribution in [-0.2, 0) is 0 Å². The van der Waals surface area contributed by atoms with E-state index in [2.05, 4.69) is 18.3 Å². The molecule has 0 amide bonds. The van der Waals surface area contributed by atoms with Crippen LogP contribution in [0.15, 0.2) is 120 Å². The molecule has 6 rings (SSSR count). The minimum atomic E-state index is -0.0968. The minimum absolute atomic E-state index is 0.0968. The Morgan fingerprint density at radius 2 is 1.43 bits per heavy atom. The van der Waals surface area contributed by atoms with Crippen LogP contribution in [0, 0.1) is 0 Å². The zero-order valence-electron chi connectivity index (χ0n) is 19.9. The first kappa shape index (κ1) is 23.0. The third kappa shape index (κ3) is 4.57. The van der Waals surface area contributed by atoms with Crippen molar-refractivity contribution in [2.45, 2.75) is 12.5 Å². The summed E-state index contributed by atoms with van der Waals surface area (Å²) in [5, 5.41) is 12.8. The molecule has 0 fully saturated rings. The average molecular weight is 503 g/mol. The Labute approximate surface area is 220 Å². The summed E-state index contributed by atoms with van der Waals surface area (Å²) in [6.45, 7) is 0. The molecule has 1 aliphatic heterocycles. The summed E-state index contributed by atoms with van der Waals surface area (Å²) >= 11 is 6.16. The van der Waals surface area contributed by atoms with E-state index in [4.69, 9.17) is 21.8 Å². The van der Waals surface area contributed by atoms with Crippen LogP contribution in [-0.4, -0.2) is 21.8 Å². The Morgan fingerprint density at radius 1 is 0.757 bits per heavy atom. The average Bonchev–Trinajstić information content (AvgIpc) is 3.60. The summed E-state index contributed by atoms with van der Waals surface area (Å²) in [6.07, 6.45) is 3.65. The highest BCUT2D eigenvalue weighted by atomic mass is 35.5. The first-order valence-corrected chi connectivity index (χ1v) is 12.5. The van der Waals surface area contributed by atoms with Gasteiger partial charge in [0.1, 0.15) is 6.29 Å². The SMILES string of the molecule is O=Cc1ccc(N2N=C(c3ccc(Cl)cc3)C[C@@H]2c2cn(-c3ccccc3)nc2-c2ccccc2)cc1. The van der Waals surface area contributed by atoms with E-state index >= 15 is 0 Å². The lowest BCUT2D eigenvalue weighted by atomic mass is 9.96. The third-order valence-corrected chi connectivity index (χ3v) is 6.80. The van der Waals surface area contributed by atoms with Gasteiger partial charge in [-0.3, -0.25) is 9.80 Å². The molecule has 5 aromatic rings. The molecule has 37 heavy (non-hydrogen) atoms. The van der Waals surface area contributed by atoms with Crippen LogP contribution in [0.25, 0.3) is 16.9 Å². The zero-order valence-corrected chi connectivity index (χ0v) is 20.7. The van der Waals surface area contributed by atoms with Gasteiger partial charge >= 0.3 is 0 Å². The van der Waals surface area contributed by atoms with Crippen molar-refractivity contribution in [3.8, 4) is 16.9 Å². The van der Waals surface area contributed by atoms with Crippen molar-refractivity contribution in [2.24, 2.45) is 5.10 Å². The van der Waals surface area contributed by atoms with E-state index in [1.54, 1.807) is 0 Å². The number of rotatable bonds is 6. The number of anilines is 1. The number of hydrogen-bond donors (Lipinski definition) is 0. The summed E-state index contributed by atoms with van der Waals surface area (Å²) in [7, 11) is 0. The van der Waals surface area contributed by atoms with Crippen LogP contribution in [0.2, 0.25) is 5.02 Å². The molecule has 0 bridgehead atoms. The highest BCUT2D eigenvalue weighted by Gasteiger charge is 2.33. The molecule has 0 unspecified atom stereocenters. The van der Waals surface area contributed by atoms with Crippen molar-refractivity contribution in [3.63, 3.8) is 0 Å². The van der Waals surface area contributed by atoms with Crippen LogP contribution in [0.1, 0.15) is 33.9 Å². The Kier molecular flexibility index (Phi) is 6.13. The number of halogens is 1. The Morgan fingerprint density at radius 3 is 2.11 bits per heavy atom. The van der Waals surface area contributed by atoms with Gasteiger partial charge in [-0.2, -0.15) is 10.2 Å². The highest BCUT2D eigenvalue weighted by molar-refractivity contribution is 6.30. The van der Waals surface area contributed by atoms with Crippen LogP contribution < -0.4 is 5.01 Å². The smallest absolute Gasteiger partial charge is 0.150 e. The Bertz CT molecular complexity index is 1560.